The molecule has 3 aliphatic rings. The van der Waals surface area contributed by atoms with Crippen LogP contribution in [-0.4, -0.2) is 51.1 Å². The summed E-state index contributed by atoms with van der Waals surface area (Å²) >= 11 is 1.65. The third kappa shape index (κ3) is 4.32. The minimum Gasteiger partial charge on any atom is -0.486 e. The van der Waals surface area contributed by atoms with Crippen molar-refractivity contribution in [3.63, 3.8) is 0 Å². The fourth-order valence-corrected chi connectivity index (χ4v) is 7.35. The molecule has 2 atom stereocenters. The summed E-state index contributed by atoms with van der Waals surface area (Å²) in [5.41, 5.74) is 6.08. The van der Waals surface area contributed by atoms with Crippen molar-refractivity contribution in [1.82, 2.24) is 25.5 Å². The van der Waals surface area contributed by atoms with E-state index in [0.717, 1.165) is 82.1 Å². The van der Waals surface area contributed by atoms with E-state index in [1.807, 2.05) is 25.1 Å². The van der Waals surface area contributed by atoms with Gasteiger partial charge in [-0.2, -0.15) is 5.10 Å². The van der Waals surface area contributed by atoms with Crippen molar-refractivity contribution in [2.24, 2.45) is 0 Å². The van der Waals surface area contributed by atoms with Crippen LogP contribution in [0.3, 0.4) is 0 Å². The number of aromatic nitrogens is 4. The molecule has 3 aromatic carbocycles. The van der Waals surface area contributed by atoms with Gasteiger partial charge in [-0.25, -0.2) is 14.4 Å². The number of anilines is 1. The molecule has 1 aliphatic carbocycles. The highest BCUT2D eigenvalue weighted by Crippen LogP contribution is 2.53. The summed E-state index contributed by atoms with van der Waals surface area (Å²) in [6.45, 7) is 6.27. The topological polar surface area (TPSA) is 79.0 Å². The fourth-order valence-electron chi connectivity index (χ4n) is 6.78. The van der Waals surface area contributed by atoms with E-state index in [-0.39, 0.29) is 5.82 Å². The number of thioether (sulfide) groups is 1. The molecule has 4 heterocycles. The minimum atomic E-state index is -0.260. The number of fused-ring (bicyclic) bond motifs is 4. The van der Waals surface area contributed by atoms with Crippen LogP contribution >= 0.6 is 11.8 Å². The van der Waals surface area contributed by atoms with Gasteiger partial charge in [0.05, 0.1) is 11.7 Å². The zero-order valence-electron chi connectivity index (χ0n) is 23.8. The van der Waals surface area contributed by atoms with Crippen molar-refractivity contribution in [3.05, 3.63) is 71.2 Å². The SMILES string of the molecule is CCSc1nc(N2CC3CC2CN3)c2cc(C3CC3)c(-c3c(C)c(F)cc4[nH]ncc34)c(OCc3ccccc3)c2n1. The number of aromatic amines is 1. The number of H-pyrrole nitrogens is 1. The van der Waals surface area contributed by atoms with E-state index in [4.69, 9.17) is 14.7 Å². The summed E-state index contributed by atoms with van der Waals surface area (Å²) in [4.78, 5) is 12.8. The van der Waals surface area contributed by atoms with Crippen LogP contribution in [0.1, 0.15) is 48.8 Å². The number of benzene rings is 3. The van der Waals surface area contributed by atoms with Crippen LogP contribution in [0.2, 0.25) is 0 Å². The Morgan fingerprint density at radius 1 is 1.10 bits per heavy atom. The van der Waals surface area contributed by atoms with Gasteiger partial charge in [-0.05, 0) is 66.7 Å². The van der Waals surface area contributed by atoms with Crippen LogP contribution in [0.15, 0.2) is 53.8 Å². The predicted octanol–water partition coefficient (Wildman–Crippen LogP) is 6.74. The smallest absolute Gasteiger partial charge is 0.190 e. The molecule has 9 heteroatoms. The number of ether oxygens (including phenoxy) is 1. The zero-order valence-corrected chi connectivity index (χ0v) is 24.6. The van der Waals surface area contributed by atoms with Crippen LogP contribution in [0.5, 0.6) is 5.75 Å². The molecule has 5 aromatic rings. The highest BCUT2D eigenvalue weighted by atomic mass is 32.2. The number of piperazine rings is 1. The molecule has 2 unspecified atom stereocenters. The van der Waals surface area contributed by atoms with E-state index in [0.29, 0.717) is 41.4 Å². The first-order chi connectivity index (χ1) is 20.6. The molecular formula is C33H33FN6OS. The molecule has 0 spiro atoms. The van der Waals surface area contributed by atoms with Crippen molar-refractivity contribution >= 4 is 39.4 Å². The second-order valence-corrected chi connectivity index (χ2v) is 12.9. The lowest BCUT2D eigenvalue weighted by Gasteiger charge is -2.30. The second-order valence-electron chi connectivity index (χ2n) is 11.7. The van der Waals surface area contributed by atoms with Crippen molar-refractivity contribution in [3.8, 4) is 16.9 Å². The summed E-state index contributed by atoms with van der Waals surface area (Å²) in [6.07, 6.45) is 5.12. The molecule has 2 N–H and O–H groups in total. The van der Waals surface area contributed by atoms with Gasteiger partial charge in [-0.3, -0.25) is 5.10 Å². The average molecular weight is 581 g/mol. The largest absolute Gasteiger partial charge is 0.486 e. The molecule has 8 rings (SSSR count). The maximum atomic E-state index is 15.5. The summed E-state index contributed by atoms with van der Waals surface area (Å²) < 4.78 is 22.4. The number of nitrogens with one attached hydrogen (secondary N) is 2. The van der Waals surface area contributed by atoms with Gasteiger partial charge in [0.15, 0.2) is 10.9 Å². The highest BCUT2D eigenvalue weighted by Gasteiger charge is 2.40. The Hall–Kier alpha value is -3.69. The van der Waals surface area contributed by atoms with Crippen LogP contribution < -0.4 is 15.0 Å². The average Bonchev–Trinajstić information content (AvgIpc) is 3.37. The predicted molar refractivity (Wildman–Crippen MR) is 166 cm³/mol. The monoisotopic (exact) mass is 580 g/mol. The molecule has 2 aromatic heterocycles. The molecule has 0 amide bonds. The van der Waals surface area contributed by atoms with Gasteiger partial charge in [0.25, 0.3) is 0 Å². The van der Waals surface area contributed by atoms with Crippen LogP contribution in [0.25, 0.3) is 32.9 Å². The Balaban J connectivity index is 1.44. The third-order valence-electron chi connectivity index (χ3n) is 8.97. The lowest BCUT2D eigenvalue weighted by molar-refractivity contribution is 0.310. The third-order valence-corrected chi connectivity index (χ3v) is 9.70. The van der Waals surface area contributed by atoms with E-state index in [9.17, 15) is 0 Å². The lowest BCUT2D eigenvalue weighted by atomic mass is 9.88. The molecule has 1 saturated carbocycles. The van der Waals surface area contributed by atoms with Gasteiger partial charge in [-0.1, -0.05) is 49.0 Å². The van der Waals surface area contributed by atoms with E-state index >= 15 is 4.39 Å². The fraction of sp³-hybridized carbons (Fsp3) is 0.364. The van der Waals surface area contributed by atoms with Crippen LogP contribution in [0.4, 0.5) is 10.2 Å². The number of halogens is 1. The lowest BCUT2D eigenvalue weighted by Crippen LogP contribution is -2.44. The second kappa shape index (κ2) is 10.2. The first kappa shape index (κ1) is 26.0. The quantitative estimate of drug-likeness (QED) is 0.155. The summed E-state index contributed by atoms with van der Waals surface area (Å²) in [5, 5.41) is 13.6. The molecule has 2 bridgehead atoms. The summed E-state index contributed by atoms with van der Waals surface area (Å²) in [6, 6.07) is 14.9. The van der Waals surface area contributed by atoms with Crippen molar-refractivity contribution in [2.45, 2.75) is 62.9 Å². The Kier molecular flexibility index (Phi) is 6.33. The Morgan fingerprint density at radius 3 is 2.69 bits per heavy atom. The number of hydrogen-bond donors (Lipinski definition) is 2. The summed E-state index contributed by atoms with van der Waals surface area (Å²) in [5.74, 6) is 2.68. The molecule has 3 fully saturated rings. The molecule has 2 saturated heterocycles. The Bertz CT molecular complexity index is 1820. The Labute approximate surface area is 248 Å². The zero-order chi connectivity index (χ0) is 28.4. The molecule has 2 aliphatic heterocycles. The maximum absolute atomic E-state index is 15.5. The van der Waals surface area contributed by atoms with E-state index < -0.39 is 0 Å². The van der Waals surface area contributed by atoms with Crippen molar-refractivity contribution in [2.75, 3.05) is 23.7 Å². The van der Waals surface area contributed by atoms with Crippen molar-refractivity contribution in [1.29, 1.82) is 0 Å². The van der Waals surface area contributed by atoms with Crippen molar-refractivity contribution < 1.29 is 9.13 Å². The molecule has 7 nitrogen and oxygen atoms in total. The first-order valence-electron chi connectivity index (χ1n) is 14.9. The number of hydrogen-bond acceptors (Lipinski definition) is 7. The van der Waals surface area contributed by atoms with E-state index in [1.165, 1.54) is 11.6 Å². The van der Waals surface area contributed by atoms with Gasteiger partial charge >= 0.3 is 0 Å². The number of rotatable bonds is 8. The van der Waals surface area contributed by atoms with E-state index in [1.54, 1.807) is 18.0 Å². The van der Waals surface area contributed by atoms with Crippen LogP contribution in [-0.2, 0) is 6.61 Å². The van der Waals surface area contributed by atoms with Gasteiger partial charge < -0.3 is 15.0 Å². The van der Waals surface area contributed by atoms with Gasteiger partial charge in [-0.15, -0.1) is 0 Å². The van der Waals surface area contributed by atoms with Gasteiger partial charge in [0.1, 0.15) is 23.8 Å². The number of nitrogens with zero attached hydrogens (tertiary/aromatic N) is 4. The summed E-state index contributed by atoms with van der Waals surface area (Å²) in [7, 11) is 0. The minimum absolute atomic E-state index is 0.260. The Morgan fingerprint density at radius 2 is 1.95 bits per heavy atom. The van der Waals surface area contributed by atoms with Gasteiger partial charge in [0.2, 0.25) is 0 Å². The normalized spacial score (nSPS) is 19.8. The highest BCUT2D eigenvalue weighted by molar-refractivity contribution is 7.99. The van der Waals surface area contributed by atoms with Crippen LogP contribution in [0, 0.1) is 12.7 Å². The molecule has 42 heavy (non-hydrogen) atoms. The maximum Gasteiger partial charge on any atom is 0.190 e. The van der Waals surface area contributed by atoms with E-state index in [2.05, 4.69) is 45.5 Å². The first-order valence-corrected chi connectivity index (χ1v) is 15.9. The standard InChI is InChI=1S/C33H33FN6OS/c1-3-42-33-37-30-24(32(38-33)40-16-21-11-22(40)14-35-21)12-23(20-9-10-20)29(31(30)41-17-19-7-5-4-6-8-19)28-18(2)26(34)13-27-25(28)15-36-39-27/h4-8,12-13,15,20-22,35H,3,9-11,14,16-17H2,1-2H3,(H,36,39). The molecule has 0 radical (unpaired) electrons. The molecular weight excluding hydrogens is 547 g/mol. The van der Waals surface area contributed by atoms with Gasteiger partial charge in [0, 0.05) is 47.1 Å². The molecule has 214 valence electrons.